The lowest BCUT2D eigenvalue weighted by atomic mass is 10.1. The van der Waals surface area contributed by atoms with Gasteiger partial charge in [0, 0.05) is 10.8 Å². The Balaban J connectivity index is 2.27. The smallest absolute Gasteiger partial charge is 0.0851 e. The second-order valence-corrected chi connectivity index (χ2v) is 4.34. The first-order valence-corrected chi connectivity index (χ1v) is 6.08. The monoisotopic (exact) mass is 246 g/mol. The van der Waals surface area contributed by atoms with Crippen LogP contribution in [0.1, 0.15) is 0 Å². The van der Waals surface area contributed by atoms with Crippen LogP contribution < -0.4 is 0 Å². The third-order valence-corrected chi connectivity index (χ3v) is 3.21. The average Bonchev–Trinajstić information content (AvgIpc) is 2.98. The van der Waals surface area contributed by atoms with E-state index in [1.54, 1.807) is 10.9 Å². The SMILES string of the molecule is c1ccc2c(-n3ccnn3)c3ccccc3nc2c1. The van der Waals surface area contributed by atoms with Crippen molar-refractivity contribution >= 4 is 21.8 Å². The molecule has 90 valence electrons. The zero-order chi connectivity index (χ0) is 12.7. The third kappa shape index (κ3) is 1.50. The molecule has 0 fully saturated rings. The molecule has 2 aromatic carbocycles. The summed E-state index contributed by atoms with van der Waals surface area (Å²) in [5.74, 6) is 0. The number of rotatable bonds is 1. The van der Waals surface area contributed by atoms with Crippen molar-refractivity contribution < 1.29 is 0 Å². The molecule has 4 aromatic rings. The molecule has 2 aromatic heterocycles. The lowest BCUT2D eigenvalue weighted by Crippen LogP contribution is -1.99. The highest BCUT2D eigenvalue weighted by Crippen LogP contribution is 2.28. The number of para-hydroxylation sites is 2. The van der Waals surface area contributed by atoms with Crippen LogP contribution in [0.2, 0.25) is 0 Å². The fourth-order valence-electron chi connectivity index (χ4n) is 2.39. The Hall–Kier alpha value is -2.75. The first-order valence-electron chi connectivity index (χ1n) is 6.08. The molecule has 4 rings (SSSR count). The topological polar surface area (TPSA) is 43.6 Å². The molecule has 0 unspecified atom stereocenters. The highest BCUT2D eigenvalue weighted by molar-refractivity contribution is 6.02. The summed E-state index contributed by atoms with van der Waals surface area (Å²) in [6.07, 6.45) is 3.54. The lowest BCUT2D eigenvalue weighted by Gasteiger charge is -2.09. The van der Waals surface area contributed by atoms with Crippen LogP contribution in [0, 0.1) is 0 Å². The van der Waals surface area contributed by atoms with Gasteiger partial charge in [-0.3, -0.25) is 0 Å². The van der Waals surface area contributed by atoms with Crippen LogP contribution in [0.15, 0.2) is 60.9 Å². The van der Waals surface area contributed by atoms with Gasteiger partial charge in [0.05, 0.1) is 29.1 Å². The molecule has 0 aliphatic heterocycles. The quantitative estimate of drug-likeness (QED) is 0.485. The molecule has 4 nitrogen and oxygen atoms in total. The van der Waals surface area contributed by atoms with E-state index in [4.69, 9.17) is 0 Å². The van der Waals surface area contributed by atoms with Crippen molar-refractivity contribution in [2.45, 2.75) is 0 Å². The van der Waals surface area contributed by atoms with Crippen molar-refractivity contribution in [3.63, 3.8) is 0 Å². The Kier molecular flexibility index (Phi) is 2.08. The van der Waals surface area contributed by atoms with Crippen molar-refractivity contribution in [2.75, 3.05) is 0 Å². The molecule has 0 bridgehead atoms. The van der Waals surface area contributed by atoms with Crippen LogP contribution in [0.4, 0.5) is 0 Å². The van der Waals surface area contributed by atoms with Gasteiger partial charge in [-0.25, -0.2) is 9.67 Å². The van der Waals surface area contributed by atoms with Gasteiger partial charge >= 0.3 is 0 Å². The molecule has 2 heterocycles. The molecule has 19 heavy (non-hydrogen) atoms. The van der Waals surface area contributed by atoms with E-state index in [1.807, 2.05) is 42.6 Å². The Morgan fingerprint density at radius 3 is 2.00 bits per heavy atom. The molecule has 0 N–H and O–H groups in total. The van der Waals surface area contributed by atoms with Gasteiger partial charge < -0.3 is 0 Å². The fourth-order valence-corrected chi connectivity index (χ4v) is 2.39. The molecule has 0 radical (unpaired) electrons. The summed E-state index contributed by atoms with van der Waals surface area (Å²) in [5.41, 5.74) is 2.96. The summed E-state index contributed by atoms with van der Waals surface area (Å²) in [6.45, 7) is 0. The standard InChI is InChI=1S/C15H10N4/c1-3-7-13-11(5-1)15(19-10-9-16-18-19)12-6-2-4-8-14(12)17-13/h1-10H. The molecule has 0 aliphatic carbocycles. The minimum Gasteiger partial charge on any atom is -0.248 e. The maximum Gasteiger partial charge on any atom is 0.0851 e. The largest absolute Gasteiger partial charge is 0.248 e. The number of benzene rings is 2. The minimum atomic E-state index is 0.965. The van der Waals surface area contributed by atoms with E-state index in [0.29, 0.717) is 0 Å². The normalized spacial score (nSPS) is 11.2. The van der Waals surface area contributed by atoms with E-state index < -0.39 is 0 Å². The molecule has 0 aliphatic rings. The number of fused-ring (bicyclic) bond motifs is 2. The van der Waals surface area contributed by atoms with E-state index in [-0.39, 0.29) is 0 Å². The maximum absolute atomic E-state index is 4.69. The van der Waals surface area contributed by atoms with Crippen molar-refractivity contribution in [1.82, 2.24) is 20.0 Å². The Labute approximate surface area is 109 Å². The number of nitrogens with zero attached hydrogens (tertiary/aromatic N) is 4. The molecular formula is C15H10N4. The Morgan fingerprint density at radius 2 is 1.42 bits per heavy atom. The summed E-state index contributed by atoms with van der Waals surface area (Å²) in [5, 5.41) is 10.2. The summed E-state index contributed by atoms with van der Waals surface area (Å²) in [6, 6.07) is 16.2. The van der Waals surface area contributed by atoms with E-state index in [0.717, 1.165) is 27.5 Å². The summed E-state index contributed by atoms with van der Waals surface area (Å²) >= 11 is 0. The molecule has 0 saturated heterocycles. The lowest BCUT2D eigenvalue weighted by molar-refractivity contribution is 0.812. The van der Waals surface area contributed by atoms with Gasteiger partial charge in [-0.05, 0) is 12.1 Å². The Bertz CT molecular complexity index is 812. The zero-order valence-corrected chi connectivity index (χ0v) is 10.1. The van der Waals surface area contributed by atoms with Crippen LogP contribution in [-0.4, -0.2) is 20.0 Å². The fraction of sp³-hybridized carbons (Fsp3) is 0. The highest BCUT2D eigenvalue weighted by Gasteiger charge is 2.10. The van der Waals surface area contributed by atoms with Crippen molar-refractivity contribution in [2.24, 2.45) is 0 Å². The van der Waals surface area contributed by atoms with Crippen LogP contribution in [0.5, 0.6) is 0 Å². The molecular weight excluding hydrogens is 236 g/mol. The summed E-state index contributed by atoms with van der Waals surface area (Å²) in [7, 11) is 0. The number of pyridine rings is 1. The molecule has 0 atom stereocenters. The van der Waals surface area contributed by atoms with Crippen molar-refractivity contribution in [3.05, 3.63) is 60.9 Å². The molecule has 0 amide bonds. The van der Waals surface area contributed by atoms with Crippen LogP contribution in [-0.2, 0) is 0 Å². The highest BCUT2D eigenvalue weighted by atomic mass is 15.4. The van der Waals surface area contributed by atoms with E-state index in [9.17, 15) is 0 Å². The summed E-state index contributed by atoms with van der Waals surface area (Å²) < 4.78 is 1.80. The van der Waals surface area contributed by atoms with E-state index in [1.165, 1.54) is 0 Å². The van der Waals surface area contributed by atoms with Gasteiger partial charge in [-0.15, -0.1) is 5.10 Å². The van der Waals surface area contributed by atoms with Crippen molar-refractivity contribution in [3.8, 4) is 5.69 Å². The first kappa shape index (κ1) is 10.2. The predicted molar refractivity (Wildman–Crippen MR) is 74.2 cm³/mol. The summed E-state index contributed by atoms with van der Waals surface area (Å²) in [4.78, 5) is 4.69. The van der Waals surface area contributed by atoms with E-state index in [2.05, 4.69) is 27.4 Å². The van der Waals surface area contributed by atoms with E-state index >= 15 is 0 Å². The molecule has 4 heteroatoms. The second-order valence-electron chi connectivity index (χ2n) is 4.34. The predicted octanol–water partition coefficient (Wildman–Crippen LogP) is 2.97. The maximum atomic E-state index is 4.69. The van der Waals surface area contributed by atoms with Crippen molar-refractivity contribution in [1.29, 1.82) is 0 Å². The Morgan fingerprint density at radius 1 is 0.789 bits per heavy atom. The number of hydrogen-bond acceptors (Lipinski definition) is 3. The van der Waals surface area contributed by atoms with Gasteiger partial charge in [0.1, 0.15) is 0 Å². The first-order chi connectivity index (χ1) is 9.43. The van der Waals surface area contributed by atoms with Gasteiger partial charge in [-0.1, -0.05) is 41.6 Å². The molecule has 0 saturated carbocycles. The van der Waals surface area contributed by atoms with Gasteiger partial charge in [0.15, 0.2) is 0 Å². The average molecular weight is 246 g/mol. The van der Waals surface area contributed by atoms with Crippen LogP contribution >= 0.6 is 0 Å². The zero-order valence-electron chi connectivity index (χ0n) is 10.1. The van der Waals surface area contributed by atoms with Gasteiger partial charge in [0.2, 0.25) is 0 Å². The molecule has 0 spiro atoms. The third-order valence-electron chi connectivity index (χ3n) is 3.21. The number of hydrogen-bond donors (Lipinski definition) is 0. The van der Waals surface area contributed by atoms with Gasteiger partial charge in [-0.2, -0.15) is 0 Å². The minimum absolute atomic E-state index is 0.965. The van der Waals surface area contributed by atoms with Gasteiger partial charge in [0.25, 0.3) is 0 Å². The van der Waals surface area contributed by atoms with Crippen LogP contribution in [0.3, 0.4) is 0 Å². The number of aromatic nitrogens is 4. The second kappa shape index (κ2) is 3.88. The van der Waals surface area contributed by atoms with Crippen LogP contribution in [0.25, 0.3) is 27.5 Å².